The summed E-state index contributed by atoms with van der Waals surface area (Å²) in [5.74, 6) is -2.21. The van der Waals surface area contributed by atoms with Crippen molar-refractivity contribution in [3.05, 3.63) is 241 Å². The van der Waals surface area contributed by atoms with Gasteiger partial charge in [-0.3, -0.25) is 4.79 Å². The smallest absolute Gasteiger partial charge is 0.343 e. The molecule has 0 atom stereocenters. The zero-order valence-electron chi connectivity index (χ0n) is 49.2. The van der Waals surface area contributed by atoms with Gasteiger partial charge in [-0.25, -0.2) is 38.4 Å². The number of phenolic OH excluding ortho intramolecular Hbond substituents is 2. The highest BCUT2D eigenvalue weighted by Crippen LogP contribution is 2.22. The number of unbranched alkanes of at least 4 members (excludes halogenated alkanes) is 3. The lowest BCUT2D eigenvalue weighted by molar-refractivity contribution is -0.138. The van der Waals surface area contributed by atoms with E-state index in [-0.39, 0.29) is 52.9 Å². The van der Waals surface area contributed by atoms with Crippen molar-refractivity contribution in [3.63, 3.8) is 0 Å². The number of ether oxygens (including phenoxy) is 9. The molecule has 0 aliphatic rings. The fourth-order valence-corrected chi connectivity index (χ4v) is 6.84. The van der Waals surface area contributed by atoms with Crippen molar-refractivity contribution in [2.75, 3.05) is 39.6 Å². The van der Waals surface area contributed by atoms with Crippen molar-refractivity contribution in [1.29, 1.82) is 0 Å². The molecule has 0 spiro atoms. The number of carboxylic acids is 2. The Balaban J connectivity index is 0.000000352. The summed E-state index contributed by atoms with van der Waals surface area (Å²) in [4.78, 5) is 101. The monoisotopic (exact) mass is 1260 g/mol. The molecule has 92 heavy (non-hydrogen) atoms. The Morgan fingerprint density at radius 3 is 0.804 bits per heavy atom. The maximum absolute atomic E-state index is 12.4. The van der Waals surface area contributed by atoms with Gasteiger partial charge in [0.25, 0.3) is 0 Å². The van der Waals surface area contributed by atoms with Crippen LogP contribution in [0.3, 0.4) is 0 Å². The standard InChI is InChI=1S/C28H24O9.C21H20O7.C13H16O4.C7H6O2.CH4/c1-2-25(29)35-18-4-3-17-34-22-11-7-20(8-12-22)27(32)37-24-15-9-21(10-16-24)28(33)36-23-13-5-19(6-14-23)26(30)31;1-2-19(22)27-14-4-3-13-26-17-9-7-16(8-10-17)21(25)28-18-11-5-15(6-12-18)20(23)24;1-2-13(15)17-10-4-3-9-16-12-7-5-11(14)6-8-12;8-5-6-1-3-7(9)4-2-6;/h2,5-16H,1,3-4,17-18H2,(H,30,31);2,5-12H,1,3-4,13-14H2,(H,23,24);2,5-8,14H,1,3-4,9-10H2;1-5,9H;1H4. The van der Waals surface area contributed by atoms with Crippen LogP contribution in [0.2, 0.25) is 0 Å². The highest BCUT2D eigenvalue weighted by atomic mass is 16.6. The van der Waals surface area contributed by atoms with Crippen LogP contribution in [0.4, 0.5) is 0 Å². The molecule has 7 rings (SSSR count). The van der Waals surface area contributed by atoms with E-state index in [1.165, 1.54) is 84.9 Å². The van der Waals surface area contributed by atoms with Crippen LogP contribution in [0.25, 0.3) is 0 Å². The van der Waals surface area contributed by atoms with Crippen molar-refractivity contribution in [2.24, 2.45) is 0 Å². The minimum atomic E-state index is -1.08. The first-order valence-electron chi connectivity index (χ1n) is 27.8. The highest BCUT2D eigenvalue weighted by molar-refractivity contribution is 5.94. The van der Waals surface area contributed by atoms with Gasteiger partial charge < -0.3 is 63.1 Å². The maximum Gasteiger partial charge on any atom is 0.343 e. The molecule has 0 unspecified atom stereocenters. The Morgan fingerprint density at radius 2 is 0.554 bits per heavy atom. The van der Waals surface area contributed by atoms with E-state index in [1.54, 1.807) is 84.9 Å². The normalized spacial score (nSPS) is 9.78. The summed E-state index contributed by atoms with van der Waals surface area (Å²) in [6.07, 6.45) is 8.38. The molecule has 0 bridgehead atoms. The van der Waals surface area contributed by atoms with Crippen molar-refractivity contribution in [3.8, 4) is 46.0 Å². The molecule has 4 N–H and O–H groups in total. The number of aldehydes is 1. The molecule has 0 radical (unpaired) electrons. The summed E-state index contributed by atoms with van der Waals surface area (Å²) in [6, 6.07) is 42.4. The summed E-state index contributed by atoms with van der Waals surface area (Å²) >= 11 is 0. The van der Waals surface area contributed by atoms with Gasteiger partial charge in [0.05, 0.1) is 67.5 Å². The van der Waals surface area contributed by atoms with E-state index in [4.69, 9.17) is 63.1 Å². The van der Waals surface area contributed by atoms with E-state index in [1.807, 2.05) is 0 Å². The van der Waals surface area contributed by atoms with E-state index in [2.05, 4.69) is 19.7 Å². The maximum atomic E-state index is 12.4. The average Bonchev–Trinajstić information content (AvgIpc) is 1.37. The lowest BCUT2D eigenvalue weighted by Gasteiger charge is -2.08. The molecule has 0 aliphatic carbocycles. The Labute approximate surface area is 531 Å². The van der Waals surface area contributed by atoms with Crippen molar-refractivity contribution in [1.82, 2.24) is 0 Å². The zero-order valence-corrected chi connectivity index (χ0v) is 49.2. The molecule has 0 saturated heterocycles. The van der Waals surface area contributed by atoms with Gasteiger partial charge in [-0.05, 0) is 208 Å². The van der Waals surface area contributed by atoms with Crippen LogP contribution in [0, 0.1) is 0 Å². The molecular weight excluding hydrogens is 1190 g/mol. The van der Waals surface area contributed by atoms with Crippen LogP contribution >= 0.6 is 0 Å². The predicted octanol–water partition coefficient (Wildman–Crippen LogP) is 12.3. The van der Waals surface area contributed by atoms with E-state index in [9.17, 15) is 43.2 Å². The summed E-state index contributed by atoms with van der Waals surface area (Å²) in [5, 5.41) is 35.6. The van der Waals surface area contributed by atoms with Crippen LogP contribution in [0.5, 0.6) is 46.0 Å². The Kier molecular flexibility index (Phi) is 34.1. The van der Waals surface area contributed by atoms with Gasteiger partial charge in [-0.15, -0.1) is 0 Å². The molecule has 0 heterocycles. The second-order valence-corrected chi connectivity index (χ2v) is 18.4. The fourth-order valence-electron chi connectivity index (χ4n) is 6.84. The predicted molar refractivity (Wildman–Crippen MR) is 337 cm³/mol. The molecule has 0 aliphatic heterocycles. The van der Waals surface area contributed by atoms with Crippen LogP contribution < -0.4 is 28.4 Å². The SMILES string of the molecule is C.C=CC(=O)OCCCCOc1ccc(C(=O)Oc2ccc(C(=O)O)cc2)cc1.C=CC(=O)OCCCCOc1ccc(C(=O)Oc2ccc(C(=O)Oc3ccc(C(=O)O)cc3)cc2)cc1.C=CC(=O)OCCCCOc1ccc(O)cc1.O=Cc1ccc(O)cc1. The molecule has 22 heteroatoms. The molecule has 0 aromatic heterocycles. The van der Waals surface area contributed by atoms with Gasteiger partial charge in [0.15, 0.2) is 0 Å². The first-order chi connectivity index (χ1) is 43.9. The first kappa shape index (κ1) is 74.4. The molecule has 0 saturated carbocycles. The number of phenols is 2. The number of rotatable bonds is 30. The number of aromatic hydroxyl groups is 2. The van der Waals surface area contributed by atoms with Crippen LogP contribution in [0.15, 0.2) is 208 Å². The largest absolute Gasteiger partial charge is 0.508 e. The van der Waals surface area contributed by atoms with Gasteiger partial charge in [-0.1, -0.05) is 27.2 Å². The minimum absolute atomic E-state index is 0. The zero-order chi connectivity index (χ0) is 66.2. The first-order valence-corrected chi connectivity index (χ1v) is 27.8. The number of aromatic carboxylic acids is 2. The molecule has 7 aromatic carbocycles. The van der Waals surface area contributed by atoms with E-state index in [0.717, 1.165) is 37.4 Å². The molecule has 7 aromatic rings. The van der Waals surface area contributed by atoms with Crippen LogP contribution in [0.1, 0.15) is 108 Å². The third-order valence-corrected chi connectivity index (χ3v) is 11.6. The second-order valence-electron chi connectivity index (χ2n) is 18.4. The number of carboxylic acid groups (broad SMARTS) is 2. The minimum Gasteiger partial charge on any atom is -0.508 e. The lowest BCUT2D eigenvalue weighted by Crippen LogP contribution is -2.10. The quantitative estimate of drug-likeness (QED) is 0.00811. The van der Waals surface area contributed by atoms with Gasteiger partial charge in [0, 0.05) is 23.8 Å². The Hall–Kier alpha value is -11.8. The second kappa shape index (κ2) is 42.1. The van der Waals surface area contributed by atoms with Gasteiger partial charge in [0.1, 0.15) is 52.3 Å². The Bertz CT molecular complexity index is 3470. The summed E-state index contributed by atoms with van der Waals surface area (Å²) < 4.78 is 46.9. The van der Waals surface area contributed by atoms with E-state index >= 15 is 0 Å². The van der Waals surface area contributed by atoms with Gasteiger partial charge in [-0.2, -0.15) is 0 Å². The highest BCUT2D eigenvalue weighted by Gasteiger charge is 2.14. The molecule has 0 amide bonds. The van der Waals surface area contributed by atoms with E-state index < -0.39 is 47.8 Å². The van der Waals surface area contributed by atoms with Crippen molar-refractivity contribution < 1.29 is 106 Å². The molecule has 482 valence electrons. The number of benzene rings is 7. The van der Waals surface area contributed by atoms with Crippen LogP contribution in [-0.4, -0.2) is 114 Å². The number of hydrogen-bond acceptors (Lipinski definition) is 20. The Morgan fingerprint density at radius 1 is 0.326 bits per heavy atom. The summed E-state index contributed by atoms with van der Waals surface area (Å²) in [6.45, 7) is 12.4. The third-order valence-electron chi connectivity index (χ3n) is 11.6. The van der Waals surface area contributed by atoms with Gasteiger partial charge in [0.2, 0.25) is 0 Å². The molecule has 22 nitrogen and oxygen atoms in total. The number of esters is 6. The average molecular weight is 1260 g/mol. The number of carbonyl (C=O) groups excluding carboxylic acids is 7. The molecule has 0 fully saturated rings. The van der Waals surface area contributed by atoms with Crippen molar-refractivity contribution >= 4 is 54.0 Å². The molecular formula is C70H70O22. The van der Waals surface area contributed by atoms with Crippen LogP contribution in [-0.2, 0) is 28.6 Å². The lowest BCUT2D eigenvalue weighted by atomic mass is 10.2. The topological polar surface area (TPSA) is 318 Å². The third kappa shape index (κ3) is 29.7. The van der Waals surface area contributed by atoms with Crippen molar-refractivity contribution in [2.45, 2.75) is 46.0 Å². The summed E-state index contributed by atoms with van der Waals surface area (Å²) in [7, 11) is 0. The fraction of sp³-hybridized carbons (Fsp3) is 0.186. The van der Waals surface area contributed by atoms with Gasteiger partial charge >= 0.3 is 47.8 Å². The number of hydrogen-bond donors (Lipinski definition) is 4. The van der Waals surface area contributed by atoms with E-state index in [0.29, 0.717) is 99.3 Å². The summed E-state index contributed by atoms with van der Waals surface area (Å²) in [5.41, 5.74) is 1.65. The number of carbonyl (C=O) groups is 9.